The molecule has 0 aliphatic carbocycles. The molecule has 138 valence electrons. The molecule has 6 nitrogen and oxygen atoms in total. The minimum Gasteiger partial charge on any atom is -0.381 e. The molecule has 4 rings (SSSR count). The Bertz CT molecular complexity index is 773. The van der Waals surface area contributed by atoms with Gasteiger partial charge in [-0.05, 0) is 37.0 Å². The molecule has 1 amide bonds. The van der Waals surface area contributed by atoms with Gasteiger partial charge in [-0.3, -0.25) is 4.79 Å². The van der Waals surface area contributed by atoms with Gasteiger partial charge in [-0.2, -0.15) is 4.98 Å². The van der Waals surface area contributed by atoms with E-state index in [1.54, 1.807) is 17.0 Å². The van der Waals surface area contributed by atoms with E-state index in [0.717, 1.165) is 38.3 Å². The van der Waals surface area contributed by atoms with E-state index in [0.29, 0.717) is 30.5 Å². The van der Waals surface area contributed by atoms with E-state index in [9.17, 15) is 9.18 Å². The minimum absolute atomic E-state index is 0.00210. The first-order chi connectivity index (χ1) is 12.7. The summed E-state index contributed by atoms with van der Waals surface area (Å²) < 4.78 is 24.1. The number of aromatic nitrogens is 2. The number of nitrogens with zero attached hydrogens (tertiary/aromatic N) is 3. The van der Waals surface area contributed by atoms with Crippen LogP contribution < -0.4 is 0 Å². The fourth-order valence-electron chi connectivity index (χ4n) is 3.66. The second-order valence-electron chi connectivity index (χ2n) is 7.01. The van der Waals surface area contributed by atoms with Gasteiger partial charge in [-0.15, -0.1) is 0 Å². The summed E-state index contributed by atoms with van der Waals surface area (Å²) in [6.07, 6.45) is 2.86. The number of halogens is 1. The van der Waals surface area contributed by atoms with Crippen molar-refractivity contribution in [2.75, 3.05) is 26.3 Å². The van der Waals surface area contributed by atoms with Crippen molar-refractivity contribution in [3.8, 4) is 0 Å². The molecule has 2 fully saturated rings. The highest BCUT2D eigenvalue weighted by atomic mass is 19.1. The predicted octanol–water partition coefficient (Wildman–Crippen LogP) is 2.66. The van der Waals surface area contributed by atoms with Crippen LogP contribution in [-0.2, 0) is 16.0 Å². The lowest BCUT2D eigenvalue weighted by molar-refractivity contribution is -0.129. The Morgan fingerprint density at radius 1 is 1.23 bits per heavy atom. The number of carbonyl (C=O) groups is 1. The zero-order chi connectivity index (χ0) is 17.9. The van der Waals surface area contributed by atoms with Gasteiger partial charge in [-0.25, -0.2) is 4.39 Å². The molecule has 26 heavy (non-hydrogen) atoms. The molecule has 2 saturated heterocycles. The molecule has 7 heteroatoms. The maximum absolute atomic E-state index is 13.3. The van der Waals surface area contributed by atoms with Gasteiger partial charge in [0.15, 0.2) is 5.82 Å². The summed E-state index contributed by atoms with van der Waals surface area (Å²) in [5.74, 6) is 1.43. The van der Waals surface area contributed by atoms with Crippen molar-refractivity contribution in [3.63, 3.8) is 0 Å². The van der Waals surface area contributed by atoms with E-state index < -0.39 is 0 Å². The molecule has 0 saturated carbocycles. The van der Waals surface area contributed by atoms with Gasteiger partial charge in [0.2, 0.25) is 11.8 Å². The van der Waals surface area contributed by atoms with Gasteiger partial charge >= 0.3 is 0 Å². The molecule has 0 bridgehead atoms. The predicted molar refractivity (Wildman–Crippen MR) is 91.1 cm³/mol. The second kappa shape index (κ2) is 7.53. The number of amides is 1. The fourth-order valence-corrected chi connectivity index (χ4v) is 3.66. The van der Waals surface area contributed by atoms with Gasteiger partial charge in [0.25, 0.3) is 0 Å². The maximum atomic E-state index is 13.3. The number of rotatable bonds is 4. The van der Waals surface area contributed by atoms with E-state index in [-0.39, 0.29) is 24.1 Å². The highest BCUT2D eigenvalue weighted by Crippen LogP contribution is 2.30. The molecule has 2 aliphatic heterocycles. The van der Waals surface area contributed by atoms with Crippen LogP contribution in [0.15, 0.2) is 28.8 Å². The summed E-state index contributed by atoms with van der Waals surface area (Å²) in [5.41, 5.74) is 0.693. The Hall–Kier alpha value is -2.28. The summed E-state index contributed by atoms with van der Waals surface area (Å²) in [6, 6.07) is 6.18. The first-order valence-electron chi connectivity index (χ1n) is 9.12. The summed E-state index contributed by atoms with van der Waals surface area (Å²) >= 11 is 0. The number of hydrogen-bond acceptors (Lipinski definition) is 5. The molecule has 1 aromatic heterocycles. The SMILES string of the molecule is O=C(Cc1cccc(F)c1)N1CCC(c2nc(C3CCOCC3)no2)C1. The summed E-state index contributed by atoms with van der Waals surface area (Å²) in [4.78, 5) is 18.9. The van der Waals surface area contributed by atoms with Gasteiger partial charge in [0, 0.05) is 32.2 Å². The Labute approximate surface area is 151 Å². The molecule has 2 aliphatic rings. The van der Waals surface area contributed by atoms with E-state index in [1.165, 1.54) is 12.1 Å². The van der Waals surface area contributed by atoms with E-state index in [2.05, 4.69) is 10.1 Å². The van der Waals surface area contributed by atoms with Crippen LogP contribution in [0.5, 0.6) is 0 Å². The number of hydrogen-bond donors (Lipinski definition) is 0. The number of likely N-dealkylation sites (tertiary alicyclic amines) is 1. The monoisotopic (exact) mass is 359 g/mol. The van der Waals surface area contributed by atoms with E-state index in [1.807, 2.05) is 0 Å². The van der Waals surface area contributed by atoms with Gasteiger partial charge in [0.1, 0.15) is 5.82 Å². The molecule has 2 aromatic rings. The topological polar surface area (TPSA) is 68.5 Å². The zero-order valence-corrected chi connectivity index (χ0v) is 14.6. The first-order valence-corrected chi connectivity index (χ1v) is 9.12. The fraction of sp³-hybridized carbons (Fsp3) is 0.526. The lowest BCUT2D eigenvalue weighted by Gasteiger charge is -2.18. The minimum atomic E-state index is -0.318. The summed E-state index contributed by atoms with van der Waals surface area (Å²) in [5, 5.41) is 4.15. The molecule has 0 radical (unpaired) electrons. The average Bonchev–Trinajstić information content (AvgIpc) is 3.32. The molecule has 3 heterocycles. The molecule has 1 unspecified atom stereocenters. The van der Waals surface area contributed by atoms with Crippen molar-refractivity contribution in [2.45, 2.75) is 37.5 Å². The van der Waals surface area contributed by atoms with Gasteiger partial charge in [-0.1, -0.05) is 17.3 Å². The lowest BCUT2D eigenvalue weighted by Crippen LogP contribution is -2.29. The van der Waals surface area contributed by atoms with E-state index in [4.69, 9.17) is 9.26 Å². The van der Waals surface area contributed by atoms with Crippen LogP contribution in [-0.4, -0.2) is 47.3 Å². The van der Waals surface area contributed by atoms with Gasteiger partial charge < -0.3 is 14.2 Å². The third-order valence-electron chi connectivity index (χ3n) is 5.18. The standard InChI is InChI=1S/C19H22FN3O3/c20-16-3-1-2-13(10-16)11-17(24)23-7-4-15(12-23)19-21-18(22-26-19)14-5-8-25-9-6-14/h1-3,10,14-15H,4-9,11-12H2. The Balaban J connectivity index is 1.36. The van der Waals surface area contributed by atoms with Crippen molar-refractivity contribution < 1.29 is 18.4 Å². The summed E-state index contributed by atoms with van der Waals surface area (Å²) in [6.45, 7) is 2.71. The van der Waals surface area contributed by atoms with Crippen LogP contribution in [0.2, 0.25) is 0 Å². The van der Waals surface area contributed by atoms with Crippen LogP contribution in [0.4, 0.5) is 4.39 Å². The maximum Gasteiger partial charge on any atom is 0.231 e. The Morgan fingerprint density at radius 2 is 2.08 bits per heavy atom. The van der Waals surface area contributed by atoms with Crippen molar-refractivity contribution >= 4 is 5.91 Å². The Kier molecular flexibility index (Phi) is 4.97. The third-order valence-corrected chi connectivity index (χ3v) is 5.18. The normalized spacial score (nSPS) is 21.3. The van der Waals surface area contributed by atoms with Gasteiger partial charge in [0.05, 0.1) is 12.3 Å². The first kappa shape index (κ1) is 17.1. The van der Waals surface area contributed by atoms with Crippen LogP contribution in [0, 0.1) is 5.82 Å². The van der Waals surface area contributed by atoms with Crippen LogP contribution >= 0.6 is 0 Å². The Morgan fingerprint density at radius 3 is 2.88 bits per heavy atom. The zero-order valence-electron chi connectivity index (χ0n) is 14.6. The molecule has 1 atom stereocenters. The molecular formula is C19H22FN3O3. The quantitative estimate of drug-likeness (QED) is 0.839. The molecular weight excluding hydrogens is 337 g/mol. The molecule has 0 spiro atoms. The third kappa shape index (κ3) is 3.77. The number of carbonyl (C=O) groups excluding carboxylic acids is 1. The van der Waals surface area contributed by atoms with Crippen molar-refractivity contribution in [2.24, 2.45) is 0 Å². The second-order valence-corrected chi connectivity index (χ2v) is 7.01. The van der Waals surface area contributed by atoms with Crippen molar-refractivity contribution in [1.29, 1.82) is 0 Å². The van der Waals surface area contributed by atoms with Crippen LogP contribution in [0.25, 0.3) is 0 Å². The van der Waals surface area contributed by atoms with Crippen LogP contribution in [0.3, 0.4) is 0 Å². The highest BCUT2D eigenvalue weighted by molar-refractivity contribution is 5.79. The van der Waals surface area contributed by atoms with E-state index >= 15 is 0 Å². The lowest BCUT2D eigenvalue weighted by atomic mass is 10.00. The number of benzene rings is 1. The molecule has 1 aromatic carbocycles. The average molecular weight is 359 g/mol. The largest absolute Gasteiger partial charge is 0.381 e. The van der Waals surface area contributed by atoms with Crippen molar-refractivity contribution in [3.05, 3.63) is 47.4 Å². The van der Waals surface area contributed by atoms with Crippen LogP contribution in [0.1, 0.15) is 48.4 Å². The molecule has 0 N–H and O–H groups in total. The highest BCUT2D eigenvalue weighted by Gasteiger charge is 2.32. The smallest absolute Gasteiger partial charge is 0.231 e. The number of ether oxygens (including phenoxy) is 1. The summed E-state index contributed by atoms with van der Waals surface area (Å²) in [7, 11) is 0. The van der Waals surface area contributed by atoms with Crippen molar-refractivity contribution in [1.82, 2.24) is 15.0 Å².